The second-order valence-corrected chi connectivity index (χ2v) is 9.31. The van der Waals surface area contributed by atoms with Crippen LogP contribution in [0.1, 0.15) is 51.7 Å². The molecule has 168 valence electrons. The van der Waals surface area contributed by atoms with E-state index in [0.29, 0.717) is 30.7 Å². The summed E-state index contributed by atoms with van der Waals surface area (Å²) in [4.78, 5) is 27.3. The highest BCUT2D eigenvalue weighted by molar-refractivity contribution is 9.10. The number of hydrogen-bond acceptors (Lipinski definition) is 3. The third kappa shape index (κ3) is 7.69. The maximum Gasteiger partial charge on any atom is 0.261 e. The van der Waals surface area contributed by atoms with Gasteiger partial charge in [-0.15, -0.1) is 0 Å². The fourth-order valence-electron chi connectivity index (χ4n) is 3.03. The van der Waals surface area contributed by atoms with Crippen LogP contribution in [-0.2, 0) is 16.1 Å². The maximum absolute atomic E-state index is 13.1. The first-order valence-electron chi connectivity index (χ1n) is 10.7. The molecular weight excluding hydrogens is 456 g/mol. The van der Waals surface area contributed by atoms with E-state index in [9.17, 15) is 9.59 Å². The molecule has 0 bridgehead atoms. The molecule has 2 aromatic rings. The monoisotopic (exact) mass is 488 g/mol. The summed E-state index contributed by atoms with van der Waals surface area (Å²) < 4.78 is 6.62. The number of nitrogens with zero attached hydrogens (tertiary/aromatic N) is 1. The lowest BCUT2D eigenvalue weighted by Gasteiger charge is -2.29. The molecule has 31 heavy (non-hydrogen) atoms. The normalized spacial score (nSPS) is 12.0. The van der Waals surface area contributed by atoms with Crippen LogP contribution in [0.25, 0.3) is 0 Å². The molecular formula is C25H33BrN2O3. The van der Waals surface area contributed by atoms with Gasteiger partial charge in [0.15, 0.2) is 6.61 Å². The molecule has 0 fully saturated rings. The summed E-state index contributed by atoms with van der Waals surface area (Å²) in [6, 6.07) is 14.9. The Labute approximate surface area is 194 Å². The van der Waals surface area contributed by atoms with Gasteiger partial charge in [-0.1, -0.05) is 64.1 Å². The first-order valence-corrected chi connectivity index (χ1v) is 11.5. The van der Waals surface area contributed by atoms with Crippen LogP contribution in [0.2, 0.25) is 0 Å². The van der Waals surface area contributed by atoms with Crippen molar-refractivity contribution in [3.63, 3.8) is 0 Å². The highest BCUT2D eigenvalue weighted by Crippen LogP contribution is 2.29. The molecule has 0 aliphatic rings. The van der Waals surface area contributed by atoms with E-state index in [1.807, 2.05) is 62.4 Å². The van der Waals surface area contributed by atoms with E-state index >= 15 is 0 Å². The van der Waals surface area contributed by atoms with Crippen molar-refractivity contribution in [2.45, 2.75) is 53.1 Å². The zero-order valence-corrected chi connectivity index (χ0v) is 20.6. The van der Waals surface area contributed by atoms with Gasteiger partial charge in [0, 0.05) is 13.1 Å². The summed E-state index contributed by atoms with van der Waals surface area (Å²) in [6.07, 6.45) is 0. The van der Waals surface area contributed by atoms with Gasteiger partial charge < -0.3 is 15.0 Å². The molecule has 1 atom stereocenters. The molecule has 1 N–H and O–H groups in total. The first kappa shape index (κ1) is 24.9. The molecule has 2 rings (SSSR count). The maximum atomic E-state index is 13.1. The topological polar surface area (TPSA) is 58.6 Å². The number of benzene rings is 2. The van der Waals surface area contributed by atoms with E-state index in [1.54, 1.807) is 11.8 Å². The predicted octanol–water partition coefficient (Wildman–Crippen LogP) is 5.14. The van der Waals surface area contributed by atoms with Crippen molar-refractivity contribution < 1.29 is 14.3 Å². The first-order chi connectivity index (χ1) is 14.7. The minimum Gasteiger partial charge on any atom is -0.483 e. The summed E-state index contributed by atoms with van der Waals surface area (Å²) in [5.41, 5.74) is 2.15. The molecule has 5 nitrogen and oxygen atoms in total. The number of hydrogen-bond donors (Lipinski definition) is 1. The Kier molecular flexibility index (Phi) is 9.56. The summed E-state index contributed by atoms with van der Waals surface area (Å²) in [5, 5.41) is 2.92. The van der Waals surface area contributed by atoms with Crippen LogP contribution in [0.15, 0.2) is 53.0 Å². The summed E-state index contributed by atoms with van der Waals surface area (Å²) in [5.74, 6) is 0.938. The Morgan fingerprint density at radius 3 is 2.29 bits per heavy atom. The third-order valence-electron chi connectivity index (χ3n) is 5.02. The van der Waals surface area contributed by atoms with Crippen LogP contribution in [-0.4, -0.2) is 35.9 Å². The number of carbonyl (C=O) groups excluding carboxylic acids is 2. The standard InChI is InChI=1S/C25H33BrN2O3/c1-17(2)14-27-25(30)19(5)28(15-20-9-7-6-8-10-20)24(29)16-31-23-12-11-21(18(3)4)13-22(23)26/h6-13,17-19H,14-16H2,1-5H3,(H,27,30). The van der Waals surface area contributed by atoms with Gasteiger partial charge in [-0.2, -0.15) is 0 Å². The Morgan fingerprint density at radius 1 is 1.03 bits per heavy atom. The number of amides is 2. The van der Waals surface area contributed by atoms with Gasteiger partial charge in [0.25, 0.3) is 5.91 Å². The molecule has 0 aromatic heterocycles. The Hall–Kier alpha value is -2.34. The van der Waals surface area contributed by atoms with Gasteiger partial charge in [-0.05, 0) is 57.9 Å². The Morgan fingerprint density at radius 2 is 1.71 bits per heavy atom. The molecule has 1 unspecified atom stereocenters. The fourth-order valence-corrected chi connectivity index (χ4v) is 3.54. The molecule has 0 radical (unpaired) electrons. The van der Waals surface area contributed by atoms with Crippen molar-refractivity contribution in [3.05, 3.63) is 64.1 Å². The van der Waals surface area contributed by atoms with Gasteiger partial charge in [0.05, 0.1) is 4.47 Å². The molecule has 0 aliphatic heterocycles. The van der Waals surface area contributed by atoms with Crippen LogP contribution in [0.4, 0.5) is 0 Å². The SMILES string of the molecule is CC(C)CNC(=O)C(C)N(Cc1ccccc1)C(=O)COc1ccc(C(C)C)cc1Br. The van der Waals surface area contributed by atoms with Crippen molar-refractivity contribution >= 4 is 27.7 Å². The Balaban J connectivity index is 2.12. The zero-order chi connectivity index (χ0) is 23.0. The summed E-state index contributed by atoms with van der Waals surface area (Å²) in [7, 11) is 0. The van der Waals surface area contributed by atoms with E-state index < -0.39 is 6.04 Å². The molecule has 0 spiro atoms. The van der Waals surface area contributed by atoms with E-state index in [0.717, 1.165) is 10.0 Å². The van der Waals surface area contributed by atoms with Gasteiger partial charge in [0.1, 0.15) is 11.8 Å². The lowest BCUT2D eigenvalue weighted by molar-refractivity contribution is -0.142. The van der Waals surface area contributed by atoms with E-state index in [1.165, 1.54) is 5.56 Å². The summed E-state index contributed by atoms with van der Waals surface area (Å²) in [6.45, 7) is 10.8. The van der Waals surface area contributed by atoms with Gasteiger partial charge in [-0.25, -0.2) is 0 Å². The van der Waals surface area contributed by atoms with Crippen LogP contribution in [0.3, 0.4) is 0 Å². The van der Waals surface area contributed by atoms with Crippen LogP contribution in [0, 0.1) is 5.92 Å². The van der Waals surface area contributed by atoms with Gasteiger partial charge in [-0.3, -0.25) is 9.59 Å². The third-order valence-corrected chi connectivity index (χ3v) is 5.64. The lowest BCUT2D eigenvalue weighted by Crippen LogP contribution is -2.49. The number of nitrogens with one attached hydrogen (secondary N) is 1. The Bertz CT molecular complexity index is 868. The minimum absolute atomic E-state index is 0.145. The van der Waals surface area contributed by atoms with Crippen molar-refractivity contribution in [2.75, 3.05) is 13.2 Å². The summed E-state index contributed by atoms with van der Waals surface area (Å²) >= 11 is 3.53. The second kappa shape index (κ2) is 11.9. The average Bonchev–Trinajstić information content (AvgIpc) is 2.74. The number of ether oxygens (including phenoxy) is 1. The molecule has 6 heteroatoms. The lowest BCUT2D eigenvalue weighted by atomic mass is 10.0. The van der Waals surface area contributed by atoms with Crippen molar-refractivity contribution in [1.82, 2.24) is 10.2 Å². The number of carbonyl (C=O) groups is 2. The highest BCUT2D eigenvalue weighted by Gasteiger charge is 2.26. The molecule has 0 aliphatic carbocycles. The van der Waals surface area contributed by atoms with Crippen molar-refractivity contribution in [2.24, 2.45) is 5.92 Å². The van der Waals surface area contributed by atoms with E-state index in [2.05, 4.69) is 35.1 Å². The fraction of sp³-hybridized carbons (Fsp3) is 0.440. The molecule has 2 amide bonds. The number of halogens is 1. The average molecular weight is 489 g/mol. The number of rotatable bonds is 10. The van der Waals surface area contributed by atoms with Crippen molar-refractivity contribution in [1.29, 1.82) is 0 Å². The van der Waals surface area contributed by atoms with Crippen LogP contribution in [0.5, 0.6) is 5.75 Å². The quantitative estimate of drug-likeness (QED) is 0.503. The van der Waals surface area contributed by atoms with Crippen LogP contribution >= 0.6 is 15.9 Å². The smallest absolute Gasteiger partial charge is 0.261 e. The van der Waals surface area contributed by atoms with Crippen molar-refractivity contribution in [3.8, 4) is 5.75 Å². The van der Waals surface area contributed by atoms with Gasteiger partial charge >= 0.3 is 0 Å². The minimum atomic E-state index is -0.609. The molecule has 0 saturated heterocycles. The molecule has 2 aromatic carbocycles. The zero-order valence-electron chi connectivity index (χ0n) is 19.0. The predicted molar refractivity (Wildman–Crippen MR) is 128 cm³/mol. The highest BCUT2D eigenvalue weighted by atomic mass is 79.9. The molecule has 0 heterocycles. The second-order valence-electron chi connectivity index (χ2n) is 8.46. The largest absolute Gasteiger partial charge is 0.483 e. The van der Waals surface area contributed by atoms with Gasteiger partial charge in [0.2, 0.25) is 5.91 Å². The van der Waals surface area contributed by atoms with E-state index in [4.69, 9.17) is 4.74 Å². The van der Waals surface area contributed by atoms with Crippen LogP contribution < -0.4 is 10.1 Å². The van der Waals surface area contributed by atoms with E-state index in [-0.39, 0.29) is 18.4 Å². The molecule has 0 saturated carbocycles.